The van der Waals surface area contributed by atoms with Gasteiger partial charge in [0.2, 0.25) is 11.8 Å². The Bertz CT molecular complexity index is 1380. The van der Waals surface area contributed by atoms with E-state index in [2.05, 4.69) is 10.3 Å². The molecule has 0 saturated carbocycles. The zero-order chi connectivity index (χ0) is 28.0. The first kappa shape index (κ1) is 27.5. The van der Waals surface area contributed by atoms with Crippen LogP contribution in [0.3, 0.4) is 0 Å². The molecule has 2 aliphatic heterocycles. The molecule has 0 aliphatic carbocycles. The van der Waals surface area contributed by atoms with Crippen LogP contribution in [0.5, 0.6) is 0 Å². The molecule has 2 fully saturated rings. The Morgan fingerprint density at radius 1 is 1.21 bits per heavy atom. The molecule has 2 saturated heterocycles. The zero-order valence-electron chi connectivity index (χ0n) is 22.0. The third kappa shape index (κ3) is 4.97. The fourth-order valence-corrected chi connectivity index (χ4v) is 5.50. The predicted molar refractivity (Wildman–Crippen MR) is 133 cm³/mol. The molecule has 0 bridgehead atoms. The molecule has 4 heterocycles. The lowest BCUT2D eigenvalue weighted by Gasteiger charge is -2.51. The highest BCUT2D eigenvalue weighted by Gasteiger charge is 2.50. The topological polar surface area (TPSA) is 178 Å². The molecule has 2 amide bonds. The molecule has 4 rings (SSSR count). The second-order valence-corrected chi connectivity index (χ2v) is 10.6. The number of nitrogens with one attached hydrogen (secondary N) is 1. The number of amides is 2. The number of imidazole rings is 1. The van der Waals surface area contributed by atoms with Crippen LogP contribution in [0, 0.1) is 0 Å². The van der Waals surface area contributed by atoms with Crippen LogP contribution >= 0.6 is 0 Å². The number of ether oxygens (including phenoxy) is 1. The van der Waals surface area contributed by atoms with Gasteiger partial charge in [0.25, 0.3) is 5.56 Å². The van der Waals surface area contributed by atoms with E-state index >= 15 is 0 Å². The number of carbonyl (C=O) groups excluding carboxylic acids is 2. The molecule has 14 nitrogen and oxygen atoms in total. The van der Waals surface area contributed by atoms with Crippen LogP contribution in [0.2, 0.25) is 0 Å². The summed E-state index contributed by atoms with van der Waals surface area (Å²) >= 11 is 0. The van der Waals surface area contributed by atoms with Gasteiger partial charge in [-0.15, -0.1) is 0 Å². The summed E-state index contributed by atoms with van der Waals surface area (Å²) in [5.41, 5.74) is -2.60. The smallest absolute Gasteiger partial charge is 0.332 e. The Labute approximate surface area is 217 Å². The van der Waals surface area contributed by atoms with Gasteiger partial charge in [0, 0.05) is 47.0 Å². The zero-order valence-corrected chi connectivity index (χ0v) is 22.0. The Hall–Kier alpha value is -3.52. The van der Waals surface area contributed by atoms with Crippen LogP contribution in [-0.4, -0.2) is 88.5 Å². The number of carboxylic acids is 1. The number of carboxylic acid groups (broad SMARTS) is 1. The maximum absolute atomic E-state index is 13.1. The first-order valence-corrected chi connectivity index (χ1v) is 12.5. The van der Waals surface area contributed by atoms with Crippen LogP contribution in [-0.2, 0) is 33.2 Å². The Balaban J connectivity index is 1.56. The van der Waals surface area contributed by atoms with Crippen molar-refractivity contribution in [3.05, 3.63) is 27.2 Å². The van der Waals surface area contributed by atoms with Gasteiger partial charge in [-0.1, -0.05) is 0 Å². The highest BCUT2D eigenvalue weighted by atomic mass is 16.5. The van der Waals surface area contributed by atoms with E-state index in [1.807, 2.05) is 0 Å². The summed E-state index contributed by atoms with van der Waals surface area (Å²) in [5, 5.41) is 22.8. The van der Waals surface area contributed by atoms with Crippen molar-refractivity contribution in [3.8, 4) is 0 Å². The van der Waals surface area contributed by atoms with Gasteiger partial charge in [0.05, 0.1) is 24.6 Å². The van der Waals surface area contributed by atoms with E-state index in [-0.39, 0.29) is 36.5 Å². The molecular weight excluding hydrogens is 500 g/mol. The Morgan fingerprint density at radius 2 is 1.87 bits per heavy atom. The number of carbonyl (C=O) groups is 3. The summed E-state index contributed by atoms with van der Waals surface area (Å²) in [5.74, 6) is -1.82. The van der Waals surface area contributed by atoms with Crippen molar-refractivity contribution in [2.45, 2.75) is 69.2 Å². The van der Waals surface area contributed by atoms with Crippen molar-refractivity contribution in [3.63, 3.8) is 0 Å². The van der Waals surface area contributed by atoms with Crippen LogP contribution in [0.15, 0.2) is 15.9 Å². The lowest BCUT2D eigenvalue weighted by molar-refractivity contribution is -0.201. The van der Waals surface area contributed by atoms with E-state index in [1.54, 1.807) is 16.4 Å². The van der Waals surface area contributed by atoms with Crippen LogP contribution in [0.1, 0.15) is 52.0 Å². The third-order valence-corrected chi connectivity index (χ3v) is 7.77. The first-order chi connectivity index (χ1) is 17.8. The molecule has 2 aromatic rings. The predicted octanol–water partition coefficient (Wildman–Crippen LogP) is -1.12. The molecule has 1 spiro atoms. The number of hydrogen-bond acceptors (Lipinski definition) is 8. The minimum Gasteiger partial charge on any atom is -0.481 e. The molecule has 14 heteroatoms. The largest absolute Gasteiger partial charge is 0.481 e. The fraction of sp³-hybridized carbons (Fsp3) is 0.667. The number of piperidine rings is 1. The van der Waals surface area contributed by atoms with Gasteiger partial charge < -0.3 is 29.7 Å². The van der Waals surface area contributed by atoms with Crippen LogP contribution in [0.25, 0.3) is 11.2 Å². The number of aliphatic hydroxyl groups is 1. The van der Waals surface area contributed by atoms with Crippen molar-refractivity contribution in [2.75, 3.05) is 19.7 Å². The number of aryl methyl sites for hydroxylation is 1. The highest BCUT2D eigenvalue weighted by molar-refractivity contribution is 5.87. The van der Waals surface area contributed by atoms with Crippen molar-refractivity contribution < 1.29 is 29.3 Å². The number of rotatable bonds is 6. The molecule has 0 unspecified atom stereocenters. The average Bonchev–Trinajstić information content (AvgIpc) is 3.30. The van der Waals surface area contributed by atoms with Gasteiger partial charge in [-0.2, -0.15) is 0 Å². The van der Waals surface area contributed by atoms with Gasteiger partial charge in [-0.05, 0) is 26.2 Å². The van der Waals surface area contributed by atoms with Gasteiger partial charge in [0.1, 0.15) is 11.6 Å². The summed E-state index contributed by atoms with van der Waals surface area (Å²) in [6.07, 6.45) is 2.43. The molecule has 3 N–H and O–H groups in total. The molecule has 0 aromatic carbocycles. The van der Waals surface area contributed by atoms with E-state index in [4.69, 9.17) is 9.84 Å². The number of fused-ring (bicyclic) bond motifs is 1. The number of hydrogen-bond donors (Lipinski definition) is 3. The van der Waals surface area contributed by atoms with Gasteiger partial charge in [0.15, 0.2) is 11.2 Å². The van der Waals surface area contributed by atoms with Crippen molar-refractivity contribution in [1.29, 1.82) is 0 Å². The molecule has 2 aliphatic rings. The Morgan fingerprint density at radius 3 is 2.47 bits per heavy atom. The highest BCUT2D eigenvalue weighted by Crippen LogP contribution is 2.44. The van der Waals surface area contributed by atoms with Gasteiger partial charge in [-0.3, -0.25) is 28.3 Å². The molecule has 208 valence electrons. The lowest BCUT2D eigenvalue weighted by atomic mass is 9.77. The second-order valence-electron chi connectivity index (χ2n) is 10.6. The SMILES string of the molecule is CC(=O)N[C@@H](CCC(=O)O)C(=O)N1CCC2(CC1)C[C@H](n1cnc3c1c(=O)n(C)c(=O)n3C)[C@@](C)(O)CO2. The van der Waals surface area contributed by atoms with Crippen molar-refractivity contribution in [1.82, 2.24) is 28.9 Å². The summed E-state index contributed by atoms with van der Waals surface area (Å²) in [4.78, 5) is 67.0. The van der Waals surface area contributed by atoms with Gasteiger partial charge >= 0.3 is 11.7 Å². The summed E-state index contributed by atoms with van der Waals surface area (Å²) in [6.45, 7) is 3.53. The third-order valence-electron chi connectivity index (χ3n) is 7.77. The van der Waals surface area contributed by atoms with E-state index in [1.165, 1.54) is 31.9 Å². The van der Waals surface area contributed by atoms with Crippen molar-refractivity contribution in [2.24, 2.45) is 14.1 Å². The van der Waals surface area contributed by atoms with E-state index in [0.29, 0.717) is 32.4 Å². The summed E-state index contributed by atoms with van der Waals surface area (Å²) in [7, 11) is 2.92. The van der Waals surface area contributed by atoms with Crippen LogP contribution in [0.4, 0.5) is 0 Å². The quantitative estimate of drug-likeness (QED) is 0.414. The van der Waals surface area contributed by atoms with Gasteiger partial charge in [-0.25, -0.2) is 9.78 Å². The standard InChI is InChI=1S/C24H34N6O8/c1-14(31)26-15(5-6-17(32)33)20(34)29-9-7-24(8-10-29)11-16(23(2,37)12-38-24)30-13-25-19-18(30)21(35)28(4)22(36)27(19)3/h13,15-16,37H,5-12H2,1-4H3,(H,26,31)(H,32,33)/t15-,16-,23-/m0/s1. The molecule has 3 atom stereocenters. The monoisotopic (exact) mass is 534 g/mol. The fourth-order valence-electron chi connectivity index (χ4n) is 5.50. The van der Waals surface area contributed by atoms with Crippen LogP contribution < -0.4 is 16.6 Å². The molecule has 2 aromatic heterocycles. The number of likely N-dealkylation sites (tertiary alicyclic amines) is 1. The van der Waals surface area contributed by atoms with E-state index in [0.717, 1.165) is 4.57 Å². The minimum absolute atomic E-state index is 0.00943. The maximum atomic E-state index is 13.1. The number of aromatic nitrogens is 4. The first-order valence-electron chi connectivity index (χ1n) is 12.5. The molecule has 38 heavy (non-hydrogen) atoms. The maximum Gasteiger partial charge on any atom is 0.332 e. The molecule has 0 radical (unpaired) electrons. The average molecular weight is 535 g/mol. The minimum atomic E-state index is -1.33. The van der Waals surface area contributed by atoms with E-state index < -0.39 is 46.4 Å². The Kier molecular flexibility index (Phi) is 7.23. The van der Waals surface area contributed by atoms with Crippen molar-refractivity contribution >= 4 is 28.9 Å². The lowest BCUT2D eigenvalue weighted by Crippen LogP contribution is -2.59. The normalized spacial score (nSPS) is 23.9. The molecular formula is C24H34N6O8. The summed E-state index contributed by atoms with van der Waals surface area (Å²) in [6, 6.07) is -1.52. The summed E-state index contributed by atoms with van der Waals surface area (Å²) < 4.78 is 10.1. The number of aliphatic carboxylic acids is 1. The van der Waals surface area contributed by atoms with E-state index in [9.17, 15) is 29.1 Å². The number of nitrogens with zero attached hydrogens (tertiary/aromatic N) is 5. The second kappa shape index (κ2) is 9.98.